The zero-order valence-corrected chi connectivity index (χ0v) is 10.9. The molecule has 3 N–H and O–H groups in total. The molecule has 1 saturated heterocycles. The lowest BCUT2D eigenvalue weighted by Gasteiger charge is -2.38. The van der Waals surface area contributed by atoms with E-state index in [1.54, 1.807) is 18.3 Å². The van der Waals surface area contributed by atoms with Crippen molar-refractivity contribution in [2.45, 2.75) is 45.2 Å². The summed E-state index contributed by atoms with van der Waals surface area (Å²) in [6.07, 6.45) is 4.90. The van der Waals surface area contributed by atoms with Crippen molar-refractivity contribution in [3.63, 3.8) is 0 Å². The van der Waals surface area contributed by atoms with Gasteiger partial charge in [0.25, 0.3) is 5.91 Å². The van der Waals surface area contributed by atoms with Gasteiger partial charge >= 0.3 is 0 Å². The number of amides is 1. The molecule has 5 nitrogen and oxygen atoms in total. The quantitative estimate of drug-likeness (QED) is 0.618. The van der Waals surface area contributed by atoms with Gasteiger partial charge in [-0.3, -0.25) is 10.6 Å². The molecule has 1 amide bonds. The number of aromatic nitrogens is 1. The molecule has 5 heteroatoms. The van der Waals surface area contributed by atoms with Gasteiger partial charge in [-0.15, -0.1) is 0 Å². The first-order valence-corrected chi connectivity index (χ1v) is 6.39. The summed E-state index contributed by atoms with van der Waals surface area (Å²) in [6, 6.07) is 4.05. The van der Waals surface area contributed by atoms with E-state index in [-0.39, 0.29) is 18.0 Å². The third-order valence-corrected chi connectivity index (χ3v) is 3.58. The molecule has 98 valence electrons. The van der Waals surface area contributed by atoms with Gasteiger partial charge in [0, 0.05) is 12.1 Å². The van der Waals surface area contributed by atoms with Crippen LogP contribution in [0.2, 0.25) is 0 Å². The van der Waals surface area contributed by atoms with E-state index in [1.807, 2.05) is 4.90 Å². The number of hydrogen-bond donors (Lipinski definition) is 2. The summed E-state index contributed by atoms with van der Waals surface area (Å²) in [5.41, 5.74) is 3.68. The summed E-state index contributed by atoms with van der Waals surface area (Å²) in [4.78, 5) is 18.5. The SMILES string of the molecule is CC1CCCC(C)N1C(=O)c1ccc(NN)cn1. The Morgan fingerprint density at radius 1 is 1.39 bits per heavy atom. The molecule has 1 aliphatic rings. The number of nitrogens with two attached hydrogens (primary N) is 1. The van der Waals surface area contributed by atoms with Crippen LogP contribution in [0.25, 0.3) is 0 Å². The van der Waals surface area contributed by atoms with Crippen molar-refractivity contribution in [1.82, 2.24) is 9.88 Å². The summed E-state index contributed by atoms with van der Waals surface area (Å²) < 4.78 is 0. The Labute approximate surface area is 107 Å². The standard InChI is InChI=1S/C13H20N4O/c1-9-4-3-5-10(2)17(9)13(18)12-7-6-11(16-14)8-15-12/h6-10,16H,3-5,14H2,1-2H3. The van der Waals surface area contributed by atoms with E-state index in [0.29, 0.717) is 11.4 Å². The minimum Gasteiger partial charge on any atom is -0.332 e. The van der Waals surface area contributed by atoms with Gasteiger partial charge in [0.2, 0.25) is 0 Å². The fourth-order valence-corrected chi connectivity index (χ4v) is 2.56. The van der Waals surface area contributed by atoms with Crippen LogP contribution < -0.4 is 11.3 Å². The van der Waals surface area contributed by atoms with Crippen LogP contribution in [0.3, 0.4) is 0 Å². The van der Waals surface area contributed by atoms with Gasteiger partial charge in [0.15, 0.2) is 0 Å². The first kappa shape index (κ1) is 12.8. The van der Waals surface area contributed by atoms with Gasteiger partial charge in [-0.2, -0.15) is 0 Å². The maximum atomic E-state index is 12.4. The number of pyridine rings is 1. The van der Waals surface area contributed by atoms with Crippen LogP contribution in [0.5, 0.6) is 0 Å². The molecule has 1 aliphatic heterocycles. The molecule has 18 heavy (non-hydrogen) atoms. The van der Waals surface area contributed by atoms with Crippen molar-refractivity contribution < 1.29 is 4.79 Å². The molecular weight excluding hydrogens is 228 g/mol. The van der Waals surface area contributed by atoms with Crippen molar-refractivity contribution in [2.24, 2.45) is 5.84 Å². The molecule has 0 bridgehead atoms. The smallest absolute Gasteiger partial charge is 0.272 e. The van der Waals surface area contributed by atoms with Gasteiger partial charge < -0.3 is 10.3 Å². The third-order valence-electron chi connectivity index (χ3n) is 3.58. The summed E-state index contributed by atoms with van der Waals surface area (Å²) in [5.74, 6) is 5.29. The second-order valence-corrected chi connectivity index (χ2v) is 4.92. The molecule has 2 unspecified atom stereocenters. The number of nitrogen functional groups attached to an aromatic ring is 1. The average Bonchev–Trinajstić information content (AvgIpc) is 2.38. The van der Waals surface area contributed by atoms with E-state index in [2.05, 4.69) is 24.3 Å². The Bertz CT molecular complexity index is 408. The lowest BCUT2D eigenvalue weighted by Crippen LogP contribution is -2.47. The van der Waals surface area contributed by atoms with Crippen LogP contribution in [0.4, 0.5) is 5.69 Å². The summed E-state index contributed by atoms with van der Waals surface area (Å²) >= 11 is 0. The van der Waals surface area contributed by atoms with Crippen molar-refractivity contribution in [3.8, 4) is 0 Å². The number of hydrogen-bond acceptors (Lipinski definition) is 4. The molecule has 0 aromatic carbocycles. The third kappa shape index (κ3) is 2.46. The monoisotopic (exact) mass is 248 g/mol. The highest BCUT2D eigenvalue weighted by Gasteiger charge is 2.30. The second-order valence-electron chi connectivity index (χ2n) is 4.92. The van der Waals surface area contributed by atoms with Crippen molar-refractivity contribution >= 4 is 11.6 Å². The minimum absolute atomic E-state index is 0.0123. The van der Waals surface area contributed by atoms with Crippen molar-refractivity contribution in [2.75, 3.05) is 5.43 Å². The number of anilines is 1. The summed E-state index contributed by atoms with van der Waals surface area (Å²) in [5, 5.41) is 0. The number of nitrogens with one attached hydrogen (secondary N) is 1. The van der Waals surface area contributed by atoms with E-state index < -0.39 is 0 Å². The minimum atomic E-state index is 0.0123. The van der Waals surface area contributed by atoms with Crippen molar-refractivity contribution in [3.05, 3.63) is 24.0 Å². The predicted octanol–water partition coefficient (Wildman–Crippen LogP) is 1.77. The first-order valence-electron chi connectivity index (χ1n) is 6.39. The van der Waals surface area contributed by atoms with E-state index in [4.69, 9.17) is 5.84 Å². The summed E-state index contributed by atoms with van der Waals surface area (Å²) in [6.45, 7) is 4.20. The Kier molecular flexibility index (Phi) is 3.81. The lowest BCUT2D eigenvalue weighted by molar-refractivity contribution is 0.0504. The predicted molar refractivity (Wildman–Crippen MR) is 71.0 cm³/mol. The Morgan fingerprint density at radius 3 is 2.56 bits per heavy atom. The maximum absolute atomic E-state index is 12.4. The Hall–Kier alpha value is -1.62. The Balaban J connectivity index is 2.18. The molecule has 1 fully saturated rings. The Morgan fingerprint density at radius 2 is 2.06 bits per heavy atom. The highest BCUT2D eigenvalue weighted by atomic mass is 16.2. The van der Waals surface area contributed by atoms with Gasteiger partial charge in [-0.05, 0) is 45.2 Å². The van der Waals surface area contributed by atoms with Crippen LogP contribution in [0.15, 0.2) is 18.3 Å². The van der Waals surface area contributed by atoms with Crippen LogP contribution in [-0.2, 0) is 0 Å². The topological polar surface area (TPSA) is 71.2 Å². The lowest BCUT2D eigenvalue weighted by atomic mass is 9.97. The molecule has 2 atom stereocenters. The molecule has 1 aromatic heterocycles. The van der Waals surface area contributed by atoms with Crippen LogP contribution in [-0.4, -0.2) is 27.9 Å². The van der Waals surface area contributed by atoms with E-state index >= 15 is 0 Å². The zero-order valence-electron chi connectivity index (χ0n) is 10.9. The normalized spacial score (nSPS) is 23.8. The zero-order chi connectivity index (χ0) is 13.1. The fourth-order valence-electron chi connectivity index (χ4n) is 2.56. The van der Waals surface area contributed by atoms with E-state index in [1.165, 1.54) is 6.42 Å². The second kappa shape index (κ2) is 5.35. The molecule has 2 heterocycles. The number of nitrogens with zero attached hydrogens (tertiary/aromatic N) is 2. The molecular formula is C13H20N4O. The number of piperidine rings is 1. The maximum Gasteiger partial charge on any atom is 0.272 e. The van der Waals surface area contributed by atoms with Gasteiger partial charge in [-0.1, -0.05) is 0 Å². The number of rotatable bonds is 2. The molecule has 0 saturated carbocycles. The molecule has 2 rings (SSSR count). The molecule has 0 radical (unpaired) electrons. The van der Waals surface area contributed by atoms with Crippen LogP contribution in [0, 0.1) is 0 Å². The molecule has 1 aromatic rings. The van der Waals surface area contributed by atoms with Crippen LogP contribution in [0.1, 0.15) is 43.6 Å². The van der Waals surface area contributed by atoms with Gasteiger partial charge in [0.1, 0.15) is 5.69 Å². The molecule has 0 spiro atoms. The van der Waals surface area contributed by atoms with E-state index in [9.17, 15) is 4.79 Å². The van der Waals surface area contributed by atoms with Crippen molar-refractivity contribution in [1.29, 1.82) is 0 Å². The highest BCUT2D eigenvalue weighted by molar-refractivity contribution is 5.93. The van der Waals surface area contributed by atoms with Gasteiger partial charge in [0.05, 0.1) is 11.9 Å². The highest BCUT2D eigenvalue weighted by Crippen LogP contribution is 2.24. The van der Waals surface area contributed by atoms with Crippen LogP contribution >= 0.6 is 0 Å². The van der Waals surface area contributed by atoms with Gasteiger partial charge in [-0.25, -0.2) is 4.98 Å². The fraction of sp³-hybridized carbons (Fsp3) is 0.538. The average molecular weight is 248 g/mol. The number of carbonyl (C=O) groups excluding carboxylic acids is 1. The molecule has 0 aliphatic carbocycles. The first-order chi connectivity index (χ1) is 8.63. The largest absolute Gasteiger partial charge is 0.332 e. The number of carbonyl (C=O) groups is 1. The number of likely N-dealkylation sites (tertiary alicyclic amines) is 1. The summed E-state index contributed by atoms with van der Waals surface area (Å²) in [7, 11) is 0. The van der Waals surface area contributed by atoms with E-state index in [0.717, 1.165) is 12.8 Å². The number of hydrazine groups is 1.